The van der Waals surface area contributed by atoms with Gasteiger partial charge in [0.1, 0.15) is 0 Å². The van der Waals surface area contributed by atoms with E-state index in [0.717, 1.165) is 9.13 Å². The largest absolute Gasteiger partial charge is 0.309 e. The average Bonchev–Trinajstić information content (AvgIpc) is 1.50. The first-order valence-electron chi connectivity index (χ1n) is 33.6. The van der Waals surface area contributed by atoms with Crippen LogP contribution in [0.15, 0.2) is 187 Å². The fourth-order valence-electron chi connectivity index (χ4n) is 8.87. The van der Waals surface area contributed by atoms with Crippen LogP contribution in [-0.4, -0.2) is 13.7 Å². The van der Waals surface area contributed by atoms with Gasteiger partial charge in [-0.05, 0) is 118 Å². The highest BCUT2D eigenvalue weighted by atomic mass is 15.0. The summed E-state index contributed by atoms with van der Waals surface area (Å²) in [6, 6.07) is -26.5. The van der Waals surface area contributed by atoms with E-state index < -0.39 is 271 Å². The van der Waals surface area contributed by atoms with Crippen molar-refractivity contribution in [3.05, 3.63) is 210 Å². The van der Waals surface area contributed by atoms with Crippen molar-refractivity contribution in [2.75, 3.05) is 0 Å². The molecule has 59 heavy (non-hydrogen) atoms. The first kappa shape index (κ1) is 14.3. The molecule has 0 radical (unpaired) electrons. The summed E-state index contributed by atoms with van der Waals surface area (Å²) >= 11 is 0. The lowest BCUT2D eigenvalue weighted by atomic mass is 9.86. The van der Waals surface area contributed by atoms with Crippen LogP contribution < -0.4 is 0 Å². The molecule has 2 aliphatic carbocycles. The maximum Gasteiger partial charge on any atom is 0.0667 e. The summed E-state index contributed by atoms with van der Waals surface area (Å²) in [7, 11) is 0. The highest BCUT2D eigenvalue weighted by molar-refractivity contribution is 6.20. The van der Waals surface area contributed by atoms with Gasteiger partial charge in [-0.15, -0.1) is 0 Å². The van der Waals surface area contributed by atoms with Crippen molar-refractivity contribution < 1.29 is 42.5 Å². The minimum Gasteiger partial charge on any atom is -0.309 e. The number of benzene rings is 9. The molecular weight excluding hydrogens is 715 g/mol. The molecule has 9 aromatic carbocycles. The predicted molar refractivity (Wildman–Crippen MR) is 246 cm³/mol. The van der Waals surface area contributed by atoms with E-state index in [0.29, 0.717) is 4.57 Å². The molecule has 0 amide bonds. The van der Waals surface area contributed by atoms with Crippen molar-refractivity contribution in [3.8, 4) is 39.3 Å². The Bertz CT molecular complexity index is 5560. The van der Waals surface area contributed by atoms with Gasteiger partial charge in [-0.2, -0.15) is 0 Å². The Morgan fingerprint density at radius 2 is 0.847 bits per heavy atom. The van der Waals surface area contributed by atoms with E-state index in [1.165, 1.54) is 6.92 Å². The second-order valence-electron chi connectivity index (χ2n) is 14.1. The van der Waals surface area contributed by atoms with Crippen LogP contribution in [0.3, 0.4) is 0 Å². The molecule has 274 valence electrons. The molecule has 0 aliphatic heterocycles. The normalized spacial score (nSPS) is 21.4. The van der Waals surface area contributed by atoms with E-state index in [1.807, 2.05) is 0 Å². The number of para-hydroxylation sites is 2. The van der Waals surface area contributed by atoms with Crippen LogP contribution in [0.25, 0.3) is 105 Å². The van der Waals surface area contributed by atoms with Gasteiger partial charge in [0.25, 0.3) is 0 Å². The van der Waals surface area contributed by atoms with Crippen LogP contribution >= 0.6 is 0 Å². The molecule has 3 heterocycles. The first-order chi connectivity index (χ1) is 42.1. The van der Waals surface area contributed by atoms with E-state index in [9.17, 15) is 27.4 Å². The number of hydrogen-bond acceptors (Lipinski definition) is 0. The molecule has 3 heteroatoms. The predicted octanol–water partition coefficient (Wildman–Crippen LogP) is 14.4. The number of fused-ring (bicyclic) bond motifs is 11. The van der Waals surface area contributed by atoms with Crippen molar-refractivity contribution in [2.45, 2.75) is 12.8 Å². The van der Waals surface area contributed by atoms with Crippen LogP contribution in [0.4, 0.5) is 0 Å². The number of hydrogen-bond donors (Lipinski definition) is 0. The Balaban J connectivity index is 1.20. The van der Waals surface area contributed by atoms with Crippen LogP contribution in [0.5, 0.6) is 0 Å². The lowest BCUT2D eigenvalue weighted by molar-refractivity contribution is 1.03. The van der Waals surface area contributed by atoms with Gasteiger partial charge in [-0.3, -0.25) is 0 Å². The molecule has 0 N–H and O–H groups in total. The summed E-state index contributed by atoms with van der Waals surface area (Å²) in [4.78, 5) is 0. The Labute approximate surface area is 383 Å². The molecule has 14 rings (SSSR count). The third-order valence-electron chi connectivity index (χ3n) is 11.1. The molecule has 1 unspecified atom stereocenters. The second kappa shape index (κ2) is 11.3. The van der Waals surface area contributed by atoms with Gasteiger partial charge in [0.15, 0.2) is 0 Å². The fourth-order valence-corrected chi connectivity index (χ4v) is 8.87. The van der Waals surface area contributed by atoms with E-state index in [4.69, 9.17) is 15.1 Å². The van der Waals surface area contributed by atoms with Gasteiger partial charge in [0.2, 0.25) is 0 Å². The number of rotatable bonds is 3. The molecule has 2 aliphatic rings. The summed E-state index contributed by atoms with van der Waals surface area (Å²) in [5.74, 6) is -1.68. The van der Waals surface area contributed by atoms with Crippen molar-refractivity contribution >= 4 is 65.4 Å². The Hall–Kier alpha value is -7.62. The van der Waals surface area contributed by atoms with Crippen molar-refractivity contribution in [2.24, 2.45) is 0 Å². The minimum absolute atomic E-state index is 0.0980. The molecule has 0 saturated heterocycles. The topological polar surface area (TPSA) is 14.8 Å². The summed E-state index contributed by atoms with van der Waals surface area (Å²) < 4.78 is 292. The molecule has 0 fully saturated rings. The van der Waals surface area contributed by atoms with Gasteiger partial charge >= 0.3 is 0 Å². The third kappa shape index (κ3) is 4.01. The summed E-state index contributed by atoms with van der Waals surface area (Å²) in [6.07, 6.45) is 0. The van der Waals surface area contributed by atoms with E-state index in [2.05, 4.69) is 0 Å². The maximum absolute atomic E-state index is 10.4. The van der Waals surface area contributed by atoms with E-state index >= 15 is 0 Å². The molecule has 1 atom stereocenters. The number of aromatic nitrogens is 3. The molecule has 12 aromatic rings. The van der Waals surface area contributed by atoms with Gasteiger partial charge in [-0.25, -0.2) is 0 Å². The monoisotopic (exact) mass is 780 g/mol. The van der Waals surface area contributed by atoms with Crippen LogP contribution in [0, 0.1) is 6.92 Å². The van der Waals surface area contributed by atoms with Gasteiger partial charge < -0.3 is 13.7 Å². The van der Waals surface area contributed by atoms with Crippen molar-refractivity contribution in [1.29, 1.82) is 0 Å². The number of nitrogens with zero attached hydrogens (tertiary/aromatic N) is 3. The third-order valence-corrected chi connectivity index (χ3v) is 11.1. The van der Waals surface area contributed by atoms with Crippen molar-refractivity contribution in [1.82, 2.24) is 13.7 Å². The molecule has 0 spiro atoms. The Morgan fingerprint density at radius 3 is 1.63 bits per heavy atom. The fraction of sp³-hybridized carbons (Fsp3) is 0.0357. The summed E-state index contributed by atoms with van der Waals surface area (Å²) in [5.41, 5.74) is -8.58. The smallest absolute Gasteiger partial charge is 0.0667 e. The molecule has 0 bridgehead atoms. The Kier molecular flexibility index (Phi) is 2.74. The zero-order valence-corrected chi connectivity index (χ0v) is 29.9. The highest BCUT2D eigenvalue weighted by Gasteiger charge is 2.37. The molecule has 3 aromatic heterocycles. The highest BCUT2D eigenvalue weighted by Crippen LogP contribution is 2.57. The van der Waals surface area contributed by atoms with Crippen LogP contribution in [0.1, 0.15) is 70.7 Å². The second-order valence-corrected chi connectivity index (χ2v) is 14.1. The standard InChI is InChI=1S/C56H35N3/c1-33-26-28-49-45(30-33)38-15-4-6-22-47(38)57(49)34-12-8-13-35(31-34)58-48-23-7-5-16-39(48)46-32-36(27-29-50(46)58)59-51-24-10-20-43-42-19-9-18-41-37-14-2-3-17-40(37)54(53(41)42)44-21-11-25-52(59)56(44)55(43)51/h2-32,54H,1H3/i2D,3D,4D,5D,6D,7D,8D,9D,10D,11D,12D,13D,14D,15D,16D,17D,18D,19D,20D,21D,22D,23D,24D,25D,26D,27D,28D,29D,30D,31D,32D. The molecular formula is C56H35N3. The SMILES string of the molecule is [2H]c1c([2H])c([2H])c2c(c1[2H])-c1c([2H])c([2H])c([2H])c3c1C2c1c([2H])c([2H])c([2H])c2c1c1c-3c([2H])c([2H])c([2H])c1n2-c1c([2H])c([2H])c2c(c1[2H])c1c([2H])c([2H])c([2H])c([2H])c1n2-c1c([2H])c([2H])c([2H])c(-n2c3c([2H])c([2H])c([2H])c([2H])c3c3c([2H])c(C)c([2H])c([2H])c32)c1[2H]. The average molecular weight is 781 g/mol. The first-order valence-corrected chi connectivity index (χ1v) is 18.1. The van der Waals surface area contributed by atoms with Crippen LogP contribution in [-0.2, 0) is 0 Å². The molecule has 0 saturated carbocycles. The van der Waals surface area contributed by atoms with Gasteiger partial charge in [0, 0.05) is 55.3 Å². The summed E-state index contributed by atoms with van der Waals surface area (Å²) in [6.45, 7) is 1.32. The maximum atomic E-state index is 10.4. The lowest BCUT2D eigenvalue weighted by Crippen LogP contribution is -2.01. The van der Waals surface area contributed by atoms with Crippen LogP contribution in [0.2, 0.25) is 0 Å². The van der Waals surface area contributed by atoms with E-state index in [1.54, 1.807) is 0 Å². The van der Waals surface area contributed by atoms with Gasteiger partial charge in [0.05, 0.1) is 75.6 Å². The van der Waals surface area contributed by atoms with E-state index in [-0.39, 0.29) is 49.5 Å². The Morgan fingerprint density at radius 1 is 0.356 bits per heavy atom. The van der Waals surface area contributed by atoms with Gasteiger partial charge in [-0.1, -0.05) is 120 Å². The minimum atomic E-state index is -1.68. The quantitative estimate of drug-likeness (QED) is 0.170. The molecule has 3 nitrogen and oxygen atoms in total. The lowest BCUT2D eigenvalue weighted by Gasteiger charge is -2.18. The van der Waals surface area contributed by atoms with Crippen molar-refractivity contribution in [3.63, 3.8) is 0 Å². The summed E-state index contributed by atoms with van der Waals surface area (Å²) in [5, 5.41) is -2.74. The zero-order chi connectivity index (χ0) is 65.5. The zero-order valence-electron chi connectivity index (χ0n) is 60.9.